The average molecular weight is 704 g/mol. The molecule has 0 atom stereocenters. The predicted molar refractivity (Wildman–Crippen MR) is 199 cm³/mol. The van der Waals surface area contributed by atoms with E-state index in [-0.39, 0.29) is 11.4 Å². The Kier molecular flexibility index (Phi) is 10.0. The van der Waals surface area contributed by atoms with Crippen molar-refractivity contribution in [2.24, 2.45) is 0 Å². The fraction of sp³-hybridized carbons (Fsp3) is 0.289. The lowest BCUT2D eigenvalue weighted by atomic mass is 9.92. The SMILES string of the molecule is Cc1ccc(-n2nc(C(C)(C)C)cc2NC(=O)Nc2ccc(Sc3ccc4nnc(-c5cccc(OCCN6CCOCC6)c5)n4c3)nc2)cc1. The number of ether oxygens (including phenoxy) is 2. The molecule has 7 rings (SSSR count). The molecule has 262 valence electrons. The number of fused-ring (bicyclic) bond motifs is 1. The van der Waals surface area contributed by atoms with Gasteiger partial charge in [0.05, 0.1) is 36.5 Å². The molecule has 13 heteroatoms. The number of carbonyl (C=O) groups excluding carboxylic acids is 1. The third-order valence-electron chi connectivity index (χ3n) is 8.46. The molecule has 0 bridgehead atoms. The molecule has 1 aliphatic rings. The van der Waals surface area contributed by atoms with Gasteiger partial charge in [-0.25, -0.2) is 14.5 Å². The van der Waals surface area contributed by atoms with E-state index in [1.807, 2.05) is 96.4 Å². The van der Waals surface area contributed by atoms with Gasteiger partial charge in [-0.2, -0.15) is 5.10 Å². The van der Waals surface area contributed by atoms with Crippen molar-refractivity contribution < 1.29 is 14.3 Å². The van der Waals surface area contributed by atoms with Crippen LogP contribution in [0.25, 0.3) is 22.7 Å². The van der Waals surface area contributed by atoms with E-state index < -0.39 is 0 Å². The summed E-state index contributed by atoms with van der Waals surface area (Å²) >= 11 is 1.51. The number of carbonyl (C=O) groups is 1. The third kappa shape index (κ3) is 8.39. The highest BCUT2D eigenvalue weighted by Crippen LogP contribution is 2.30. The van der Waals surface area contributed by atoms with Gasteiger partial charge in [-0.05, 0) is 55.5 Å². The van der Waals surface area contributed by atoms with Gasteiger partial charge in [-0.3, -0.25) is 14.6 Å². The Morgan fingerprint density at radius 3 is 2.55 bits per heavy atom. The first-order valence-corrected chi connectivity index (χ1v) is 17.8. The first-order valence-electron chi connectivity index (χ1n) is 17.0. The van der Waals surface area contributed by atoms with Crippen LogP contribution in [0.4, 0.5) is 16.3 Å². The highest BCUT2D eigenvalue weighted by Gasteiger charge is 2.22. The molecular weight excluding hydrogens is 663 g/mol. The summed E-state index contributed by atoms with van der Waals surface area (Å²) in [6.45, 7) is 13.2. The Labute approximate surface area is 301 Å². The first kappa shape index (κ1) is 34.2. The van der Waals surface area contributed by atoms with Crippen LogP contribution in [0, 0.1) is 6.92 Å². The van der Waals surface area contributed by atoms with Gasteiger partial charge < -0.3 is 14.8 Å². The first-order chi connectivity index (χ1) is 24.7. The molecule has 1 fully saturated rings. The van der Waals surface area contributed by atoms with Crippen LogP contribution in [0.5, 0.6) is 5.75 Å². The molecule has 12 nitrogen and oxygen atoms in total. The van der Waals surface area contributed by atoms with Gasteiger partial charge in [0.15, 0.2) is 11.5 Å². The van der Waals surface area contributed by atoms with E-state index in [4.69, 9.17) is 14.6 Å². The van der Waals surface area contributed by atoms with Gasteiger partial charge in [-0.15, -0.1) is 10.2 Å². The summed E-state index contributed by atoms with van der Waals surface area (Å²) < 4.78 is 15.2. The summed E-state index contributed by atoms with van der Waals surface area (Å²) in [5.41, 5.74) is 4.92. The quantitative estimate of drug-likeness (QED) is 0.154. The fourth-order valence-electron chi connectivity index (χ4n) is 5.60. The van der Waals surface area contributed by atoms with E-state index in [0.717, 1.165) is 82.5 Å². The molecule has 4 aromatic heterocycles. The van der Waals surface area contributed by atoms with E-state index in [0.29, 0.717) is 18.1 Å². The number of rotatable bonds is 10. The molecular formula is C38H41N9O3S. The summed E-state index contributed by atoms with van der Waals surface area (Å²) in [5, 5.41) is 20.3. The van der Waals surface area contributed by atoms with Crippen molar-refractivity contribution in [1.82, 2.24) is 34.3 Å². The van der Waals surface area contributed by atoms with Gasteiger partial charge >= 0.3 is 6.03 Å². The number of nitrogens with one attached hydrogen (secondary N) is 2. The second-order valence-corrected chi connectivity index (χ2v) is 14.5. The maximum absolute atomic E-state index is 13.1. The van der Waals surface area contributed by atoms with Crippen molar-refractivity contribution in [2.45, 2.75) is 43.0 Å². The number of pyridine rings is 2. The topological polar surface area (TPSA) is 124 Å². The minimum absolute atomic E-state index is 0.190. The summed E-state index contributed by atoms with van der Waals surface area (Å²) in [7, 11) is 0. The smallest absolute Gasteiger partial charge is 0.324 e. The van der Waals surface area contributed by atoms with Gasteiger partial charge in [0, 0.05) is 47.8 Å². The average Bonchev–Trinajstić information content (AvgIpc) is 3.75. The molecule has 2 aromatic carbocycles. The molecule has 1 saturated heterocycles. The van der Waals surface area contributed by atoms with Crippen molar-refractivity contribution in [3.63, 3.8) is 0 Å². The molecule has 2 N–H and O–H groups in total. The Morgan fingerprint density at radius 1 is 0.961 bits per heavy atom. The largest absolute Gasteiger partial charge is 0.492 e. The number of amides is 2. The zero-order chi connectivity index (χ0) is 35.4. The standard InChI is InChI=1S/C38H41N9O3S/c1-26-8-11-29(12-9-26)47-34(23-32(44-47)38(2,3)4)41-37(48)40-28-10-15-35(39-24-28)51-31-13-14-33-42-43-36(46(33)25-31)27-6-5-7-30(22-27)50-21-18-45-16-19-49-20-17-45/h5-15,22-25H,16-21H2,1-4H3,(H2,40,41,48). The molecule has 5 heterocycles. The number of anilines is 2. The number of hydrogen-bond donors (Lipinski definition) is 2. The van der Waals surface area contributed by atoms with Gasteiger partial charge in [0.2, 0.25) is 0 Å². The number of aryl methyl sites for hydroxylation is 1. The minimum atomic E-state index is -0.386. The zero-order valence-electron chi connectivity index (χ0n) is 29.2. The van der Waals surface area contributed by atoms with Gasteiger partial charge in [-0.1, -0.05) is 62.4 Å². The van der Waals surface area contributed by atoms with Crippen LogP contribution in [0.3, 0.4) is 0 Å². The Balaban J connectivity index is 0.997. The lowest BCUT2D eigenvalue weighted by Crippen LogP contribution is -2.38. The highest BCUT2D eigenvalue weighted by molar-refractivity contribution is 7.99. The van der Waals surface area contributed by atoms with E-state index in [9.17, 15) is 4.79 Å². The molecule has 1 aliphatic heterocycles. The summed E-state index contributed by atoms with van der Waals surface area (Å²) in [6.07, 6.45) is 3.65. The maximum atomic E-state index is 13.1. The van der Waals surface area contributed by atoms with Crippen molar-refractivity contribution in [3.05, 3.63) is 103 Å². The fourth-order valence-corrected chi connectivity index (χ4v) is 6.38. The lowest BCUT2D eigenvalue weighted by Gasteiger charge is -2.26. The van der Waals surface area contributed by atoms with Gasteiger partial charge in [0.1, 0.15) is 23.2 Å². The second-order valence-electron chi connectivity index (χ2n) is 13.4. The van der Waals surface area contributed by atoms with E-state index in [1.165, 1.54) is 11.8 Å². The lowest BCUT2D eigenvalue weighted by molar-refractivity contribution is 0.0322. The van der Waals surface area contributed by atoms with Crippen LogP contribution in [0.15, 0.2) is 101 Å². The number of morpholine rings is 1. The predicted octanol–water partition coefficient (Wildman–Crippen LogP) is 7.09. The van der Waals surface area contributed by atoms with Crippen LogP contribution in [-0.4, -0.2) is 79.7 Å². The number of hydrogen-bond acceptors (Lipinski definition) is 9. The minimum Gasteiger partial charge on any atom is -0.492 e. The number of benzene rings is 2. The molecule has 2 amide bonds. The number of aromatic nitrogens is 6. The van der Waals surface area contributed by atoms with E-state index >= 15 is 0 Å². The number of urea groups is 1. The molecule has 0 spiro atoms. The second kappa shape index (κ2) is 14.9. The Bertz CT molecular complexity index is 2120. The van der Waals surface area contributed by atoms with Crippen LogP contribution < -0.4 is 15.4 Å². The Morgan fingerprint density at radius 2 is 1.78 bits per heavy atom. The van der Waals surface area contributed by atoms with Crippen molar-refractivity contribution in [3.8, 4) is 22.8 Å². The van der Waals surface area contributed by atoms with Crippen molar-refractivity contribution in [1.29, 1.82) is 0 Å². The molecule has 0 radical (unpaired) electrons. The molecule has 0 saturated carbocycles. The number of nitrogens with zero attached hydrogens (tertiary/aromatic N) is 7. The van der Waals surface area contributed by atoms with Crippen molar-refractivity contribution in [2.75, 3.05) is 50.1 Å². The normalized spacial score (nSPS) is 13.7. The van der Waals surface area contributed by atoms with Crippen molar-refractivity contribution >= 4 is 34.9 Å². The maximum Gasteiger partial charge on any atom is 0.324 e. The summed E-state index contributed by atoms with van der Waals surface area (Å²) in [6, 6.07) is 25.1. The molecule has 0 unspecified atom stereocenters. The van der Waals surface area contributed by atoms with E-state index in [1.54, 1.807) is 10.9 Å². The third-order valence-corrected chi connectivity index (χ3v) is 9.39. The van der Waals surface area contributed by atoms with Crippen LogP contribution in [0.2, 0.25) is 0 Å². The summed E-state index contributed by atoms with van der Waals surface area (Å²) in [5.74, 6) is 2.09. The van der Waals surface area contributed by atoms with Crippen LogP contribution in [-0.2, 0) is 10.2 Å². The molecule has 6 aromatic rings. The van der Waals surface area contributed by atoms with Crippen LogP contribution in [0.1, 0.15) is 32.0 Å². The Hall–Kier alpha value is -5.24. The van der Waals surface area contributed by atoms with E-state index in [2.05, 4.69) is 51.5 Å². The zero-order valence-corrected chi connectivity index (χ0v) is 30.0. The molecule has 0 aliphatic carbocycles. The van der Waals surface area contributed by atoms with Crippen LogP contribution >= 0.6 is 11.8 Å². The monoisotopic (exact) mass is 703 g/mol. The highest BCUT2D eigenvalue weighted by atomic mass is 32.2. The van der Waals surface area contributed by atoms with Gasteiger partial charge in [0.25, 0.3) is 0 Å². The molecule has 51 heavy (non-hydrogen) atoms. The summed E-state index contributed by atoms with van der Waals surface area (Å²) in [4.78, 5) is 21.0.